The zero-order chi connectivity index (χ0) is 36.6. The van der Waals surface area contributed by atoms with Crippen LogP contribution in [0.2, 0.25) is 0 Å². The SMILES string of the molecule is CCCC[C@@]1(OC(=O)CCC(=O)OC)CC[C@]2(CC[C@H](C)[C@@H](CC=C(C)C=C[C@H](O)[C@@H](C)C=CC(=O)O)O2)O[C@H]1C=CC(C)=CC(=O)OC. The molecule has 11 nitrogen and oxygen atoms in total. The van der Waals surface area contributed by atoms with E-state index in [0.29, 0.717) is 37.7 Å². The molecule has 7 atom stereocenters. The molecule has 11 heteroatoms. The van der Waals surface area contributed by atoms with Crippen LogP contribution in [0.5, 0.6) is 0 Å². The lowest BCUT2D eigenvalue weighted by molar-refractivity contribution is -0.344. The van der Waals surface area contributed by atoms with Gasteiger partial charge in [-0.1, -0.05) is 69.2 Å². The highest BCUT2D eigenvalue weighted by atomic mass is 16.7. The molecule has 274 valence electrons. The van der Waals surface area contributed by atoms with Crippen LogP contribution in [0.4, 0.5) is 0 Å². The monoisotopic (exact) mass is 688 g/mol. The van der Waals surface area contributed by atoms with Gasteiger partial charge in [0.2, 0.25) is 0 Å². The molecule has 0 bridgehead atoms. The Morgan fingerprint density at radius 1 is 0.939 bits per heavy atom. The summed E-state index contributed by atoms with van der Waals surface area (Å²) in [6, 6.07) is 0. The van der Waals surface area contributed by atoms with Crippen LogP contribution >= 0.6 is 0 Å². The first-order valence-electron chi connectivity index (χ1n) is 17.2. The largest absolute Gasteiger partial charge is 0.478 e. The zero-order valence-electron chi connectivity index (χ0n) is 30.1. The summed E-state index contributed by atoms with van der Waals surface area (Å²) in [5.41, 5.74) is 0.565. The molecule has 0 aliphatic carbocycles. The molecule has 0 amide bonds. The van der Waals surface area contributed by atoms with Crippen molar-refractivity contribution in [2.24, 2.45) is 11.8 Å². The summed E-state index contributed by atoms with van der Waals surface area (Å²) in [5.74, 6) is -3.58. The van der Waals surface area contributed by atoms with Crippen LogP contribution in [0, 0.1) is 11.8 Å². The van der Waals surface area contributed by atoms with Crippen LogP contribution < -0.4 is 0 Å². The molecular weight excluding hydrogens is 632 g/mol. The number of methoxy groups -OCH3 is 2. The number of aliphatic carboxylic acids is 1. The Morgan fingerprint density at radius 2 is 1.65 bits per heavy atom. The van der Waals surface area contributed by atoms with Gasteiger partial charge in [0.25, 0.3) is 0 Å². The maximum Gasteiger partial charge on any atom is 0.330 e. The fraction of sp³-hybridized carbons (Fsp3) is 0.632. The number of unbranched alkanes of at least 4 members (excludes halogenated alkanes) is 1. The second kappa shape index (κ2) is 20.2. The fourth-order valence-electron chi connectivity index (χ4n) is 5.96. The topological polar surface area (TPSA) is 155 Å². The van der Waals surface area contributed by atoms with Crippen molar-refractivity contribution < 1.29 is 53.1 Å². The van der Waals surface area contributed by atoms with Gasteiger partial charge in [0.1, 0.15) is 11.7 Å². The second-order valence-corrected chi connectivity index (χ2v) is 13.2. The number of rotatable bonds is 17. The van der Waals surface area contributed by atoms with Gasteiger partial charge in [-0.15, -0.1) is 0 Å². The van der Waals surface area contributed by atoms with E-state index in [1.165, 1.54) is 26.4 Å². The van der Waals surface area contributed by atoms with Crippen LogP contribution in [0.15, 0.2) is 59.8 Å². The van der Waals surface area contributed by atoms with Gasteiger partial charge >= 0.3 is 23.9 Å². The molecule has 0 aromatic carbocycles. The van der Waals surface area contributed by atoms with Crippen LogP contribution in [0.1, 0.15) is 98.8 Å². The molecule has 2 heterocycles. The predicted octanol–water partition coefficient (Wildman–Crippen LogP) is 6.31. The first kappa shape index (κ1) is 41.6. The van der Waals surface area contributed by atoms with Gasteiger partial charge in [-0.25, -0.2) is 9.59 Å². The Morgan fingerprint density at radius 3 is 2.31 bits per heavy atom. The molecule has 0 saturated carbocycles. The van der Waals surface area contributed by atoms with Gasteiger partial charge in [0, 0.05) is 30.9 Å². The van der Waals surface area contributed by atoms with Crippen LogP contribution in [-0.4, -0.2) is 78.0 Å². The summed E-state index contributed by atoms with van der Waals surface area (Å²) >= 11 is 0. The molecule has 0 aromatic rings. The molecule has 0 aromatic heterocycles. The first-order chi connectivity index (χ1) is 23.2. The van der Waals surface area contributed by atoms with E-state index < -0.39 is 47.5 Å². The van der Waals surface area contributed by atoms with E-state index >= 15 is 0 Å². The van der Waals surface area contributed by atoms with Crippen molar-refractivity contribution in [3.05, 3.63) is 59.8 Å². The minimum Gasteiger partial charge on any atom is -0.478 e. The van der Waals surface area contributed by atoms with E-state index in [1.807, 2.05) is 19.1 Å². The average Bonchev–Trinajstić information content (AvgIpc) is 3.08. The normalized spacial score (nSPS) is 27.8. The Bertz CT molecular complexity index is 1280. The number of allylic oxidation sites excluding steroid dienone is 4. The Labute approximate surface area is 291 Å². The summed E-state index contributed by atoms with van der Waals surface area (Å²) in [6.45, 7) is 9.65. The number of carboxylic acid groups (broad SMARTS) is 1. The summed E-state index contributed by atoms with van der Waals surface area (Å²) in [6.07, 6.45) is 16.4. The molecule has 2 aliphatic rings. The minimum atomic E-state index is -1.06. The number of esters is 3. The Kier molecular flexibility index (Phi) is 17.2. The maximum atomic E-state index is 13.1. The highest BCUT2D eigenvalue weighted by Crippen LogP contribution is 2.48. The van der Waals surface area contributed by atoms with E-state index in [0.717, 1.165) is 30.9 Å². The highest BCUT2D eigenvalue weighted by molar-refractivity contribution is 5.83. The lowest BCUT2D eigenvalue weighted by Crippen LogP contribution is -2.59. The average molecular weight is 689 g/mol. The third-order valence-corrected chi connectivity index (χ3v) is 9.19. The zero-order valence-corrected chi connectivity index (χ0v) is 30.1. The number of hydrogen-bond acceptors (Lipinski definition) is 10. The van der Waals surface area contributed by atoms with Gasteiger partial charge in [-0.05, 0) is 57.4 Å². The Hall–Kier alpha value is -3.54. The highest BCUT2D eigenvalue weighted by Gasteiger charge is 2.54. The number of hydrogen-bond donors (Lipinski definition) is 2. The molecular formula is C38H56O11. The van der Waals surface area contributed by atoms with E-state index in [-0.39, 0.29) is 30.8 Å². The van der Waals surface area contributed by atoms with Gasteiger partial charge in [-0.3, -0.25) is 9.59 Å². The number of aliphatic hydroxyl groups is 1. The van der Waals surface area contributed by atoms with Gasteiger partial charge in [0.15, 0.2) is 5.79 Å². The number of aliphatic hydroxyl groups excluding tert-OH is 1. The number of ether oxygens (including phenoxy) is 5. The van der Waals surface area contributed by atoms with Crippen LogP contribution in [0.3, 0.4) is 0 Å². The van der Waals surface area contributed by atoms with Gasteiger partial charge in [-0.2, -0.15) is 0 Å². The molecule has 0 unspecified atom stereocenters. The molecule has 2 saturated heterocycles. The standard InChI is InChI=1S/C38H56O11/c1-8-9-21-37(49-35(43)19-18-34(42)45-6)23-24-38(48-32(37)16-12-27(3)25-36(44)46-7)22-20-29(5)31(47-38)15-11-26(2)10-14-30(39)28(4)13-17-33(40)41/h10-14,16-17,25,28-32,39H,8-9,15,18-24H2,1-7H3,(H,40,41)/t28-,29-,30-,31+,32-,37+,38-/m0/s1. The lowest BCUT2D eigenvalue weighted by Gasteiger charge is -2.53. The van der Waals surface area contributed by atoms with Crippen molar-refractivity contribution >= 4 is 23.9 Å². The van der Waals surface area contributed by atoms with Crippen LogP contribution in [-0.2, 0) is 42.9 Å². The van der Waals surface area contributed by atoms with Crippen molar-refractivity contribution in [1.29, 1.82) is 0 Å². The van der Waals surface area contributed by atoms with Gasteiger partial charge in [0.05, 0.1) is 39.3 Å². The molecule has 0 radical (unpaired) electrons. The summed E-state index contributed by atoms with van der Waals surface area (Å²) < 4.78 is 29.3. The number of carbonyl (C=O) groups is 4. The third kappa shape index (κ3) is 13.7. The number of carboxylic acids is 1. The molecule has 49 heavy (non-hydrogen) atoms. The maximum absolute atomic E-state index is 13.1. The number of carbonyl (C=O) groups excluding carboxylic acids is 3. The quantitative estimate of drug-likeness (QED) is 0.0765. The smallest absolute Gasteiger partial charge is 0.330 e. The van der Waals surface area contributed by atoms with Crippen molar-refractivity contribution in [1.82, 2.24) is 0 Å². The van der Waals surface area contributed by atoms with Crippen molar-refractivity contribution in [3.8, 4) is 0 Å². The lowest BCUT2D eigenvalue weighted by atomic mass is 9.78. The van der Waals surface area contributed by atoms with E-state index in [1.54, 1.807) is 26.0 Å². The molecule has 1 spiro atoms. The second-order valence-electron chi connectivity index (χ2n) is 13.2. The first-order valence-corrected chi connectivity index (χ1v) is 17.2. The van der Waals surface area contributed by atoms with E-state index in [9.17, 15) is 24.3 Å². The molecule has 2 aliphatic heterocycles. The predicted molar refractivity (Wildman–Crippen MR) is 184 cm³/mol. The molecule has 2 fully saturated rings. The minimum absolute atomic E-state index is 0.0873. The summed E-state index contributed by atoms with van der Waals surface area (Å²) in [4.78, 5) is 47.5. The summed E-state index contributed by atoms with van der Waals surface area (Å²) in [5, 5.41) is 19.2. The molecule has 2 rings (SSSR count). The van der Waals surface area contributed by atoms with Crippen molar-refractivity contribution in [2.75, 3.05) is 14.2 Å². The van der Waals surface area contributed by atoms with E-state index in [4.69, 9.17) is 28.8 Å². The van der Waals surface area contributed by atoms with Crippen LogP contribution in [0.25, 0.3) is 0 Å². The van der Waals surface area contributed by atoms with Crippen molar-refractivity contribution in [2.45, 2.75) is 129 Å². The molecule has 2 N–H and O–H groups in total. The summed E-state index contributed by atoms with van der Waals surface area (Å²) in [7, 11) is 2.59. The van der Waals surface area contributed by atoms with Crippen molar-refractivity contribution in [3.63, 3.8) is 0 Å². The van der Waals surface area contributed by atoms with E-state index in [2.05, 4.69) is 19.9 Å². The third-order valence-electron chi connectivity index (χ3n) is 9.19. The Balaban J connectivity index is 2.33. The fourth-order valence-corrected chi connectivity index (χ4v) is 5.96. The van der Waals surface area contributed by atoms with Gasteiger partial charge < -0.3 is 33.9 Å².